The molecule has 2 aliphatic heterocycles. The number of morpholine rings is 1. The summed E-state index contributed by atoms with van der Waals surface area (Å²) in [5.74, 6) is 1.15. The number of nitrogens with one attached hydrogen (secondary N) is 1. The van der Waals surface area contributed by atoms with Gasteiger partial charge < -0.3 is 24.4 Å². The summed E-state index contributed by atoms with van der Waals surface area (Å²) in [5, 5.41) is 3.50. The Morgan fingerprint density at radius 2 is 1.97 bits per heavy atom. The summed E-state index contributed by atoms with van der Waals surface area (Å²) < 4.78 is 16.8. The number of hydrogen-bond acceptors (Lipinski definition) is 5. The van der Waals surface area contributed by atoms with Gasteiger partial charge in [0.2, 0.25) is 12.7 Å². The topological polar surface area (TPSA) is 77.1 Å². The maximum absolute atomic E-state index is 13.3. The minimum Gasteiger partial charge on any atom is -0.482 e. The van der Waals surface area contributed by atoms with E-state index < -0.39 is 0 Å². The van der Waals surface area contributed by atoms with E-state index in [1.165, 1.54) is 0 Å². The van der Waals surface area contributed by atoms with Crippen LogP contribution in [0.15, 0.2) is 48.2 Å². The minimum absolute atomic E-state index is 0.0131. The van der Waals surface area contributed by atoms with Crippen molar-refractivity contribution in [3.8, 4) is 11.5 Å². The molecule has 2 amide bonds. The molecule has 5 rings (SSSR count). The second-order valence-electron chi connectivity index (χ2n) is 8.47. The number of hydrogen-bond donors (Lipinski definition) is 1. The lowest BCUT2D eigenvalue weighted by atomic mass is 9.89. The van der Waals surface area contributed by atoms with Crippen molar-refractivity contribution in [2.45, 2.75) is 44.4 Å². The molecular formula is C25H25ClN2O5. The van der Waals surface area contributed by atoms with Crippen LogP contribution >= 0.6 is 11.6 Å². The first-order valence-electron chi connectivity index (χ1n) is 11.2. The molecule has 0 spiro atoms. The third-order valence-corrected chi connectivity index (χ3v) is 6.44. The van der Waals surface area contributed by atoms with Crippen LogP contribution in [0.2, 0.25) is 5.02 Å². The SMILES string of the molecule is O=C(CN1C(=O)/C(=C\c2cccc(Cl)c2)OC2CCCCC21)NCc1ccc2c(c1)OCO2. The van der Waals surface area contributed by atoms with Crippen LogP contribution in [0.25, 0.3) is 6.08 Å². The van der Waals surface area contributed by atoms with E-state index in [4.69, 9.17) is 25.8 Å². The van der Waals surface area contributed by atoms with Gasteiger partial charge in [-0.15, -0.1) is 0 Å². The van der Waals surface area contributed by atoms with E-state index >= 15 is 0 Å². The van der Waals surface area contributed by atoms with Gasteiger partial charge in [0.05, 0.1) is 6.04 Å². The zero-order valence-corrected chi connectivity index (χ0v) is 18.8. The predicted octanol–water partition coefficient (Wildman–Crippen LogP) is 3.90. The summed E-state index contributed by atoms with van der Waals surface area (Å²) in [6, 6.07) is 12.7. The smallest absolute Gasteiger partial charge is 0.289 e. The Kier molecular flexibility index (Phi) is 6.13. The monoisotopic (exact) mass is 468 g/mol. The number of halogens is 1. The highest BCUT2D eigenvalue weighted by Crippen LogP contribution is 2.34. The Morgan fingerprint density at radius 3 is 2.85 bits per heavy atom. The molecule has 1 aliphatic carbocycles. The first kappa shape index (κ1) is 21.6. The molecule has 8 heteroatoms. The molecule has 1 saturated heterocycles. The molecule has 2 aromatic rings. The Morgan fingerprint density at radius 1 is 1.12 bits per heavy atom. The molecule has 0 bridgehead atoms. The molecule has 2 heterocycles. The highest BCUT2D eigenvalue weighted by molar-refractivity contribution is 6.30. The van der Waals surface area contributed by atoms with E-state index in [0.29, 0.717) is 23.1 Å². The van der Waals surface area contributed by atoms with Crippen molar-refractivity contribution in [3.05, 3.63) is 64.4 Å². The molecule has 2 unspecified atom stereocenters. The predicted molar refractivity (Wildman–Crippen MR) is 123 cm³/mol. The van der Waals surface area contributed by atoms with Gasteiger partial charge in [-0.2, -0.15) is 0 Å². The van der Waals surface area contributed by atoms with Crippen molar-refractivity contribution in [3.63, 3.8) is 0 Å². The zero-order valence-electron chi connectivity index (χ0n) is 18.1. The second-order valence-corrected chi connectivity index (χ2v) is 8.91. The molecule has 2 atom stereocenters. The van der Waals surface area contributed by atoms with E-state index in [1.54, 1.807) is 23.1 Å². The lowest BCUT2D eigenvalue weighted by molar-refractivity contribution is -0.151. The summed E-state index contributed by atoms with van der Waals surface area (Å²) in [7, 11) is 0. The Hall–Kier alpha value is -3.19. The number of rotatable bonds is 5. The van der Waals surface area contributed by atoms with E-state index in [1.807, 2.05) is 30.3 Å². The van der Waals surface area contributed by atoms with E-state index in [-0.39, 0.29) is 43.1 Å². The normalized spacial score (nSPS) is 22.6. The van der Waals surface area contributed by atoms with E-state index in [2.05, 4.69) is 5.32 Å². The summed E-state index contributed by atoms with van der Waals surface area (Å²) in [5.41, 5.74) is 1.69. The van der Waals surface area contributed by atoms with Crippen LogP contribution in [0, 0.1) is 0 Å². The lowest BCUT2D eigenvalue weighted by Crippen LogP contribution is -2.57. The van der Waals surface area contributed by atoms with Gasteiger partial charge in [0.1, 0.15) is 12.6 Å². The van der Waals surface area contributed by atoms with Crippen LogP contribution in [0.3, 0.4) is 0 Å². The lowest BCUT2D eigenvalue weighted by Gasteiger charge is -2.44. The molecule has 0 aromatic heterocycles. The Balaban J connectivity index is 1.29. The number of ether oxygens (including phenoxy) is 3. The fraction of sp³-hybridized carbons (Fsp3) is 0.360. The van der Waals surface area contributed by atoms with Crippen LogP contribution in [-0.4, -0.2) is 42.2 Å². The van der Waals surface area contributed by atoms with Gasteiger partial charge in [-0.05, 0) is 60.7 Å². The molecule has 2 fully saturated rings. The quantitative estimate of drug-likeness (QED) is 0.673. The summed E-state index contributed by atoms with van der Waals surface area (Å²) in [6.45, 7) is 0.534. The van der Waals surface area contributed by atoms with Crippen LogP contribution in [0.1, 0.15) is 36.8 Å². The van der Waals surface area contributed by atoms with Gasteiger partial charge in [-0.3, -0.25) is 9.59 Å². The standard InChI is InChI=1S/C25H25ClN2O5/c26-18-5-3-4-16(10-18)11-23-25(30)28(19-6-1-2-7-20(19)33-23)14-24(29)27-13-17-8-9-21-22(12-17)32-15-31-21/h3-5,8-12,19-20H,1-2,6-7,13-15H2,(H,27,29)/b23-11+. The third kappa shape index (κ3) is 4.78. The maximum Gasteiger partial charge on any atom is 0.289 e. The summed E-state index contributed by atoms with van der Waals surface area (Å²) >= 11 is 6.09. The number of carbonyl (C=O) groups excluding carboxylic acids is 2. The van der Waals surface area contributed by atoms with E-state index in [0.717, 1.165) is 36.8 Å². The number of amides is 2. The number of benzene rings is 2. The van der Waals surface area contributed by atoms with E-state index in [9.17, 15) is 9.59 Å². The molecule has 3 aliphatic rings. The van der Waals surface area contributed by atoms with Gasteiger partial charge in [0, 0.05) is 11.6 Å². The largest absolute Gasteiger partial charge is 0.482 e. The summed E-state index contributed by atoms with van der Waals surface area (Å²) in [4.78, 5) is 27.8. The molecule has 7 nitrogen and oxygen atoms in total. The van der Waals surface area contributed by atoms with Gasteiger partial charge in [0.25, 0.3) is 5.91 Å². The van der Waals surface area contributed by atoms with Crippen LogP contribution in [-0.2, 0) is 20.9 Å². The van der Waals surface area contributed by atoms with Crippen LogP contribution in [0.5, 0.6) is 11.5 Å². The highest BCUT2D eigenvalue weighted by Gasteiger charge is 2.42. The zero-order chi connectivity index (χ0) is 22.8. The first-order valence-corrected chi connectivity index (χ1v) is 11.5. The maximum atomic E-state index is 13.3. The summed E-state index contributed by atoms with van der Waals surface area (Å²) in [6.07, 6.45) is 5.35. The highest BCUT2D eigenvalue weighted by atomic mass is 35.5. The van der Waals surface area contributed by atoms with Gasteiger partial charge in [-0.25, -0.2) is 0 Å². The fourth-order valence-electron chi connectivity index (χ4n) is 4.57. The molecule has 2 aromatic carbocycles. The van der Waals surface area contributed by atoms with Crippen molar-refractivity contribution in [1.29, 1.82) is 0 Å². The molecule has 1 N–H and O–H groups in total. The van der Waals surface area contributed by atoms with Crippen LogP contribution < -0.4 is 14.8 Å². The third-order valence-electron chi connectivity index (χ3n) is 6.21. The molecule has 1 saturated carbocycles. The fourth-order valence-corrected chi connectivity index (χ4v) is 4.77. The van der Waals surface area contributed by atoms with Gasteiger partial charge >= 0.3 is 0 Å². The van der Waals surface area contributed by atoms with Crippen LogP contribution in [0.4, 0.5) is 0 Å². The molecular weight excluding hydrogens is 444 g/mol. The number of nitrogens with zero attached hydrogens (tertiary/aromatic N) is 1. The average molecular weight is 469 g/mol. The first-order chi connectivity index (χ1) is 16.1. The second kappa shape index (κ2) is 9.35. The average Bonchev–Trinajstić information content (AvgIpc) is 3.28. The van der Waals surface area contributed by atoms with Crippen molar-refractivity contribution >= 4 is 29.5 Å². The van der Waals surface area contributed by atoms with Gasteiger partial charge in [-0.1, -0.05) is 36.2 Å². The van der Waals surface area contributed by atoms with Crippen molar-refractivity contribution < 1.29 is 23.8 Å². The van der Waals surface area contributed by atoms with Gasteiger partial charge in [0.15, 0.2) is 17.3 Å². The van der Waals surface area contributed by atoms with Crippen molar-refractivity contribution in [1.82, 2.24) is 10.2 Å². The number of carbonyl (C=O) groups is 2. The molecule has 0 radical (unpaired) electrons. The number of fused-ring (bicyclic) bond motifs is 2. The minimum atomic E-state index is -0.267. The molecule has 172 valence electrons. The molecule has 33 heavy (non-hydrogen) atoms. The van der Waals surface area contributed by atoms with Crippen molar-refractivity contribution in [2.24, 2.45) is 0 Å². The Bertz CT molecular complexity index is 1100. The van der Waals surface area contributed by atoms with Crippen molar-refractivity contribution in [2.75, 3.05) is 13.3 Å². The Labute approximate surface area is 197 Å².